The number of rotatable bonds is 6. The van der Waals surface area contributed by atoms with Gasteiger partial charge in [-0.2, -0.15) is 0 Å². The Morgan fingerprint density at radius 3 is 2.57 bits per heavy atom. The third kappa shape index (κ3) is 4.41. The van der Waals surface area contributed by atoms with Crippen molar-refractivity contribution in [2.24, 2.45) is 0 Å². The van der Waals surface area contributed by atoms with Crippen LogP contribution in [-0.2, 0) is 4.79 Å². The molecule has 7 heteroatoms. The smallest absolute Gasteiger partial charge is 0.261 e. The highest BCUT2D eigenvalue weighted by Gasteiger charge is 2.27. The van der Waals surface area contributed by atoms with Crippen molar-refractivity contribution >= 4 is 22.6 Å². The van der Waals surface area contributed by atoms with Crippen LogP contribution < -0.4 is 10.9 Å². The molecule has 3 heterocycles. The first-order valence-corrected chi connectivity index (χ1v) is 11.4. The second-order valence-electron chi connectivity index (χ2n) is 8.88. The number of carbonyl (C=O) groups excluding carboxylic acids is 1. The van der Waals surface area contributed by atoms with Crippen molar-refractivity contribution in [3.8, 4) is 0 Å². The van der Waals surface area contributed by atoms with Gasteiger partial charge in [0.05, 0.1) is 10.9 Å². The van der Waals surface area contributed by atoms with Crippen LogP contribution in [0.15, 0.2) is 17.2 Å². The number of ketones is 1. The number of hydrogen-bond acceptors (Lipinski definition) is 6. The van der Waals surface area contributed by atoms with Gasteiger partial charge in [-0.25, -0.2) is 9.97 Å². The molecule has 0 bridgehead atoms. The Labute approximate surface area is 177 Å². The van der Waals surface area contributed by atoms with Crippen molar-refractivity contribution in [1.29, 1.82) is 0 Å². The molecule has 30 heavy (non-hydrogen) atoms. The van der Waals surface area contributed by atoms with Crippen molar-refractivity contribution in [2.75, 3.05) is 32.0 Å². The number of unbranched alkanes of at least 4 members (excludes halogenated alkanes) is 1. The number of hydrogen-bond donors (Lipinski definition) is 1. The monoisotopic (exact) mass is 411 g/mol. The van der Waals surface area contributed by atoms with Gasteiger partial charge < -0.3 is 14.8 Å². The quantitative estimate of drug-likeness (QED) is 0.733. The van der Waals surface area contributed by atoms with Crippen LogP contribution in [-0.4, -0.2) is 51.9 Å². The predicted octanol–water partition coefficient (Wildman–Crippen LogP) is 3.50. The van der Waals surface area contributed by atoms with Crippen LogP contribution in [0.3, 0.4) is 0 Å². The SMILES string of the molecule is CCCCNc1ncc2c(=O)n(C3CCN(C)CC3)cc(C3CCC(=O)CC3)c2n1. The number of likely N-dealkylation sites (tertiary alicyclic amines) is 1. The summed E-state index contributed by atoms with van der Waals surface area (Å²) in [5.41, 5.74) is 1.88. The summed E-state index contributed by atoms with van der Waals surface area (Å²) in [7, 11) is 2.13. The standard InChI is InChI=1S/C23H33N5O2/c1-3-4-11-24-23-25-14-19-21(26-23)20(16-5-7-18(29)8-6-16)15-28(22(19)30)17-9-12-27(2)13-10-17/h14-17H,3-13H2,1-2H3,(H,24,25,26). The Morgan fingerprint density at radius 2 is 1.87 bits per heavy atom. The lowest BCUT2D eigenvalue weighted by atomic mass is 9.83. The molecule has 4 rings (SSSR count). The number of piperidine rings is 1. The largest absolute Gasteiger partial charge is 0.354 e. The van der Waals surface area contributed by atoms with E-state index in [9.17, 15) is 9.59 Å². The topological polar surface area (TPSA) is 80.1 Å². The summed E-state index contributed by atoms with van der Waals surface area (Å²) in [4.78, 5) is 36.7. The summed E-state index contributed by atoms with van der Waals surface area (Å²) in [6.45, 7) is 4.97. The molecule has 1 aliphatic carbocycles. The lowest BCUT2D eigenvalue weighted by Gasteiger charge is -2.31. The Kier molecular flexibility index (Phi) is 6.46. The number of aromatic nitrogens is 3. The maximum absolute atomic E-state index is 13.4. The average Bonchev–Trinajstić information content (AvgIpc) is 2.76. The van der Waals surface area contributed by atoms with Gasteiger partial charge in [-0.15, -0.1) is 0 Å². The van der Waals surface area contributed by atoms with Crippen LogP contribution in [0.4, 0.5) is 5.95 Å². The van der Waals surface area contributed by atoms with Crippen LogP contribution in [0.25, 0.3) is 10.9 Å². The second kappa shape index (κ2) is 9.25. The highest BCUT2D eigenvalue weighted by atomic mass is 16.1. The molecule has 0 aromatic carbocycles. The number of nitrogens with one attached hydrogen (secondary N) is 1. The van der Waals surface area contributed by atoms with E-state index in [0.29, 0.717) is 30.0 Å². The average molecular weight is 412 g/mol. The van der Waals surface area contributed by atoms with E-state index in [-0.39, 0.29) is 17.5 Å². The molecule has 2 aliphatic rings. The Hall–Kier alpha value is -2.28. The molecular formula is C23H33N5O2. The van der Waals surface area contributed by atoms with E-state index in [1.54, 1.807) is 6.20 Å². The maximum atomic E-state index is 13.4. The van der Waals surface area contributed by atoms with Gasteiger partial charge in [0.2, 0.25) is 5.95 Å². The zero-order valence-electron chi connectivity index (χ0n) is 18.2. The van der Waals surface area contributed by atoms with Gasteiger partial charge in [0.15, 0.2) is 0 Å². The first-order valence-electron chi connectivity index (χ1n) is 11.4. The number of anilines is 1. The third-order valence-electron chi connectivity index (χ3n) is 6.68. The predicted molar refractivity (Wildman–Crippen MR) is 119 cm³/mol. The van der Waals surface area contributed by atoms with Crippen LogP contribution >= 0.6 is 0 Å². The van der Waals surface area contributed by atoms with Gasteiger partial charge in [-0.1, -0.05) is 13.3 Å². The second-order valence-corrected chi connectivity index (χ2v) is 8.88. The molecule has 0 unspecified atom stereocenters. The fraction of sp³-hybridized carbons (Fsp3) is 0.652. The number of nitrogens with zero attached hydrogens (tertiary/aromatic N) is 4. The minimum Gasteiger partial charge on any atom is -0.354 e. The number of fused-ring (bicyclic) bond motifs is 1. The third-order valence-corrected chi connectivity index (χ3v) is 6.68. The molecule has 0 spiro atoms. The van der Waals surface area contributed by atoms with Crippen molar-refractivity contribution in [2.45, 2.75) is 70.3 Å². The van der Waals surface area contributed by atoms with Crippen molar-refractivity contribution in [3.05, 3.63) is 28.3 Å². The van der Waals surface area contributed by atoms with Gasteiger partial charge in [0, 0.05) is 37.8 Å². The van der Waals surface area contributed by atoms with E-state index in [4.69, 9.17) is 4.98 Å². The minimum atomic E-state index is 0.00953. The molecule has 2 aromatic rings. The zero-order chi connectivity index (χ0) is 21.1. The summed E-state index contributed by atoms with van der Waals surface area (Å²) >= 11 is 0. The molecule has 7 nitrogen and oxygen atoms in total. The zero-order valence-corrected chi connectivity index (χ0v) is 18.2. The molecule has 1 aliphatic heterocycles. The molecule has 162 valence electrons. The van der Waals surface area contributed by atoms with Crippen LogP contribution in [0, 0.1) is 0 Å². The van der Waals surface area contributed by atoms with Crippen LogP contribution in [0.2, 0.25) is 0 Å². The molecule has 1 saturated carbocycles. The normalized spacial score (nSPS) is 19.5. The molecule has 0 amide bonds. The number of pyridine rings is 1. The van der Waals surface area contributed by atoms with E-state index in [2.05, 4.69) is 35.4 Å². The Morgan fingerprint density at radius 1 is 1.13 bits per heavy atom. The molecule has 2 fully saturated rings. The van der Waals surface area contributed by atoms with E-state index in [1.807, 2.05) is 4.57 Å². The van der Waals surface area contributed by atoms with E-state index in [1.165, 1.54) is 0 Å². The lowest BCUT2D eigenvalue weighted by molar-refractivity contribution is -0.120. The first-order chi connectivity index (χ1) is 14.6. The summed E-state index contributed by atoms with van der Waals surface area (Å²) in [5, 5.41) is 3.89. The van der Waals surface area contributed by atoms with Gasteiger partial charge in [0.25, 0.3) is 5.56 Å². The van der Waals surface area contributed by atoms with Gasteiger partial charge in [-0.05, 0) is 63.7 Å². The van der Waals surface area contributed by atoms with Crippen LogP contribution in [0.1, 0.15) is 75.8 Å². The van der Waals surface area contributed by atoms with Crippen molar-refractivity contribution in [3.63, 3.8) is 0 Å². The molecule has 1 N–H and O–H groups in total. The van der Waals surface area contributed by atoms with E-state index >= 15 is 0 Å². The van der Waals surface area contributed by atoms with Gasteiger partial charge in [0.1, 0.15) is 5.78 Å². The van der Waals surface area contributed by atoms with Crippen LogP contribution in [0.5, 0.6) is 0 Å². The molecule has 2 aromatic heterocycles. The Bertz CT molecular complexity index is 952. The first kappa shape index (κ1) is 21.0. The number of carbonyl (C=O) groups is 1. The maximum Gasteiger partial charge on any atom is 0.261 e. The molecule has 1 saturated heterocycles. The lowest BCUT2D eigenvalue weighted by Crippen LogP contribution is -2.36. The fourth-order valence-electron chi connectivity index (χ4n) is 4.72. The molecular weight excluding hydrogens is 378 g/mol. The summed E-state index contributed by atoms with van der Waals surface area (Å²) < 4.78 is 1.94. The molecule has 0 atom stereocenters. The minimum absolute atomic E-state index is 0.00953. The highest BCUT2D eigenvalue weighted by molar-refractivity contribution is 5.83. The number of Topliss-reactive ketones (excluding diaryl/α,β-unsaturated/α-hetero) is 1. The fourth-order valence-corrected chi connectivity index (χ4v) is 4.72. The van der Waals surface area contributed by atoms with Gasteiger partial charge in [-0.3, -0.25) is 9.59 Å². The van der Waals surface area contributed by atoms with Gasteiger partial charge >= 0.3 is 0 Å². The van der Waals surface area contributed by atoms with Crippen molar-refractivity contribution < 1.29 is 4.79 Å². The summed E-state index contributed by atoms with van der Waals surface area (Å²) in [5.74, 6) is 1.19. The Balaban J connectivity index is 1.76. The van der Waals surface area contributed by atoms with Crippen molar-refractivity contribution in [1.82, 2.24) is 19.4 Å². The summed E-state index contributed by atoms with van der Waals surface area (Å²) in [6, 6.07) is 0.212. The summed E-state index contributed by atoms with van der Waals surface area (Å²) in [6.07, 6.45) is 10.8. The molecule has 0 radical (unpaired) electrons. The highest BCUT2D eigenvalue weighted by Crippen LogP contribution is 2.35. The van der Waals surface area contributed by atoms with E-state index < -0.39 is 0 Å². The van der Waals surface area contributed by atoms with E-state index in [0.717, 1.165) is 69.2 Å².